The Kier molecular flexibility index (Phi) is 3.02. The molecule has 72 valence electrons. The maximum Gasteiger partial charge on any atom is 0.0183 e. The number of nitrogens with zero attached hydrogens (tertiary/aromatic N) is 1. The number of rotatable bonds is 1. The summed E-state index contributed by atoms with van der Waals surface area (Å²) in [5.74, 6) is 0. The Bertz CT molecular complexity index is 157. The molecule has 2 aliphatic rings. The summed E-state index contributed by atoms with van der Waals surface area (Å²) in [6.45, 7) is 4.78. The third kappa shape index (κ3) is 1.93. The second-order valence-electron chi connectivity index (χ2n) is 4.35. The molecule has 1 heterocycles. The van der Waals surface area contributed by atoms with Crippen LogP contribution in [-0.2, 0) is 0 Å². The van der Waals surface area contributed by atoms with Gasteiger partial charge in [-0.15, -0.1) is 12.4 Å². The Morgan fingerprint density at radius 2 is 2.08 bits per heavy atom. The Hall–Kier alpha value is 0.210. The summed E-state index contributed by atoms with van der Waals surface area (Å²) in [6, 6.07) is 0.446. The fourth-order valence-electron chi connectivity index (χ4n) is 2.00. The zero-order chi connectivity index (χ0) is 7.90. The molecule has 1 aliphatic carbocycles. The van der Waals surface area contributed by atoms with Crippen LogP contribution >= 0.6 is 12.4 Å². The molecule has 1 aliphatic heterocycles. The average molecular weight is 191 g/mol. The highest BCUT2D eigenvalue weighted by Crippen LogP contribution is 2.41. The molecule has 0 amide bonds. The lowest BCUT2D eigenvalue weighted by atomic mass is 10.0. The normalized spacial score (nSPS) is 34.0. The standard InChI is InChI=1S/C9H18N2.ClH/c1-9(4-5-9)11-6-2-3-8(10)7-11;/h8H,2-7,10H2,1H3;1H/t8-;/m1./s1. The number of halogens is 1. The highest BCUT2D eigenvalue weighted by atomic mass is 35.5. The number of hydrogen-bond acceptors (Lipinski definition) is 2. The van der Waals surface area contributed by atoms with Crippen LogP contribution in [0.1, 0.15) is 32.6 Å². The van der Waals surface area contributed by atoms with Gasteiger partial charge in [0, 0.05) is 18.1 Å². The highest BCUT2D eigenvalue weighted by molar-refractivity contribution is 5.85. The predicted octanol–water partition coefficient (Wildman–Crippen LogP) is 1.38. The molecule has 2 rings (SSSR count). The minimum Gasteiger partial charge on any atom is -0.327 e. The molecule has 1 saturated heterocycles. The Morgan fingerprint density at radius 3 is 2.58 bits per heavy atom. The van der Waals surface area contributed by atoms with Gasteiger partial charge in [0.25, 0.3) is 0 Å². The van der Waals surface area contributed by atoms with Crippen LogP contribution in [0.5, 0.6) is 0 Å². The first kappa shape index (κ1) is 10.3. The van der Waals surface area contributed by atoms with Gasteiger partial charge in [-0.05, 0) is 39.2 Å². The van der Waals surface area contributed by atoms with E-state index in [1.54, 1.807) is 0 Å². The monoisotopic (exact) mass is 190 g/mol. The van der Waals surface area contributed by atoms with E-state index in [1.165, 1.54) is 32.2 Å². The van der Waals surface area contributed by atoms with Crippen molar-refractivity contribution < 1.29 is 0 Å². The number of likely N-dealkylation sites (tertiary alicyclic amines) is 1. The molecule has 1 saturated carbocycles. The van der Waals surface area contributed by atoms with Gasteiger partial charge in [-0.2, -0.15) is 0 Å². The minimum absolute atomic E-state index is 0. The first-order valence-electron chi connectivity index (χ1n) is 4.71. The van der Waals surface area contributed by atoms with E-state index in [1.807, 2.05) is 0 Å². The third-order valence-corrected chi connectivity index (χ3v) is 3.19. The maximum atomic E-state index is 5.91. The summed E-state index contributed by atoms with van der Waals surface area (Å²) in [4.78, 5) is 2.58. The quantitative estimate of drug-likeness (QED) is 0.677. The topological polar surface area (TPSA) is 29.3 Å². The molecular formula is C9H19ClN2. The maximum absolute atomic E-state index is 5.91. The van der Waals surface area contributed by atoms with Crippen molar-refractivity contribution in [3.63, 3.8) is 0 Å². The van der Waals surface area contributed by atoms with Gasteiger partial charge in [0.05, 0.1) is 0 Å². The predicted molar refractivity (Wildman–Crippen MR) is 53.7 cm³/mol. The second kappa shape index (κ2) is 3.52. The van der Waals surface area contributed by atoms with Gasteiger partial charge < -0.3 is 5.73 Å². The zero-order valence-corrected chi connectivity index (χ0v) is 8.57. The fourth-order valence-corrected chi connectivity index (χ4v) is 2.00. The van der Waals surface area contributed by atoms with Crippen LogP contribution in [-0.4, -0.2) is 29.6 Å². The zero-order valence-electron chi connectivity index (χ0n) is 7.75. The van der Waals surface area contributed by atoms with E-state index >= 15 is 0 Å². The molecule has 2 nitrogen and oxygen atoms in total. The number of piperidine rings is 1. The van der Waals surface area contributed by atoms with E-state index in [-0.39, 0.29) is 12.4 Å². The van der Waals surface area contributed by atoms with Crippen LogP contribution in [0.15, 0.2) is 0 Å². The summed E-state index contributed by atoms with van der Waals surface area (Å²) >= 11 is 0. The number of nitrogens with two attached hydrogens (primary N) is 1. The van der Waals surface area contributed by atoms with Gasteiger partial charge in [0.2, 0.25) is 0 Å². The van der Waals surface area contributed by atoms with E-state index < -0.39 is 0 Å². The second-order valence-corrected chi connectivity index (χ2v) is 4.35. The van der Waals surface area contributed by atoms with Crippen LogP contribution in [0.2, 0.25) is 0 Å². The summed E-state index contributed by atoms with van der Waals surface area (Å²) in [5.41, 5.74) is 6.46. The molecule has 12 heavy (non-hydrogen) atoms. The molecule has 3 heteroatoms. The highest BCUT2D eigenvalue weighted by Gasteiger charge is 2.43. The SMILES string of the molecule is CC1(N2CCC[C@@H](N)C2)CC1.Cl. The van der Waals surface area contributed by atoms with Crippen LogP contribution in [0.4, 0.5) is 0 Å². The Morgan fingerprint density at radius 1 is 1.42 bits per heavy atom. The molecule has 0 aromatic heterocycles. The van der Waals surface area contributed by atoms with Crippen LogP contribution in [0, 0.1) is 0 Å². The molecule has 0 radical (unpaired) electrons. The Balaban J connectivity index is 0.000000720. The average Bonchev–Trinajstić information content (AvgIpc) is 2.70. The van der Waals surface area contributed by atoms with Crippen molar-refractivity contribution in [2.45, 2.75) is 44.2 Å². The smallest absolute Gasteiger partial charge is 0.0183 e. The lowest BCUT2D eigenvalue weighted by Crippen LogP contribution is -2.47. The van der Waals surface area contributed by atoms with E-state index in [2.05, 4.69) is 11.8 Å². The minimum atomic E-state index is 0. The van der Waals surface area contributed by atoms with Crippen molar-refractivity contribution in [2.24, 2.45) is 5.73 Å². The van der Waals surface area contributed by atoms with Gasteiger partial charge in [-0.25, -0.2) is 0 Å². The van der Waals surface area contributed by atoms with Crippen LogP contribution < -0.4 is 5.73 Å². The van der Waals surface area contributed by atoms with E-state index in [0.717, 1.165) is 6.54 Å². The first-order chi connectivity index (χ1) is 5.21. The van der Waals surface area contributed by atoms with Crippen molar-refractivity contribution >= 4 is 12.4 Å². The third-order valence-electron chi connectivity index (χ3n) is 3.19. The summed E-state index contributed by atoms with van der Waals surface area (Å²) in [5, 5.41) is 0. The van der Waals surface area contributed by atoms with Crippen molar-refractivity contribution in [3.8, 4) is 0 Å². The van der Waals surface area contributed by atoms with Crippen molar-refractivity contribution in [1.82, 2.24) is 4.90 Å². The molecular weight excluding hydrogens is 172 g/mol. The Labute approximate surface area is 80.9 Å². The van der Waals surface area contributed by atoms with E-state index in [4.69, 9.17) is 5.73 Å². The van der Waals surface area contributed by atoms with Crippen molar-refractivity contribution in [3.05, 3.63) is 0 Å². The molecule has 0 unspecified atom stereocenters. The van der Waals surface area contributed by atoms with E-state index in [0.29, 0.717) is 11.6 Å². The summed E-state index contributed by atoms with van der Waals surface area (Å²) < 4.78 is 0. The van der Waals surface area contributed by atoms with Gasteiger partial charge in [0.15, 0.2) is 0 Å². The fraction of sp³-hybridized carbons (Fsp3) is 1.00. The van der Waals surface area contributed by atoms with Gasteiger partial charge >= 0.3 is 0 Å². The molecule has 2 N–H and O–H groups in total. The molecule has 0 aromatic carbocycles. The van der Waals surface area contributed by atoms with Crippen LogP contribution in [0.3, 0.4) is 0 Å². The first-order valence-corrected chi connectivity index (χ1v) is 4.71. The molecule has 0 bridgehead atoms. The molecule has 0 spiro atoms. The van der Waals surface area contributed by atoms with Crippen LogP contribution in [0.25, 0.3) is 0 Å². The largest absolute Gasteiger partial charge is 0.327 e. The molecule has 1 atom stereocenters. The molecule has 0 aromatic rings. The van der Waals surface area contributed by atoms with E-state index in [9.17, 15) is 0 Å². The van der Waals surface area contributed by atoms with Crippen molar-refractivity contribution in [2.75, 3.05) is 13.1 Å². The van der Waals surface area contributed by atoms with Gasteiger partial charge in [0.1, 0.15) is 0 Å². The summed E-state index contributed by atoms with van der Waals surface area (Å²) in [7, 11) is 0. The summed E-state index contributed by atoms with van der Waals surface area (Å²) in [6.07, 6.45) is 5.31. The molecule has 2 fully saturated rings. The van der Waals surface area contributed by atoms with Crippen molar-refractivity contribution in [1.29, 1.82) is 0 Å². The van der Waals surface area contributed by atoms with Gasteiger partial charge in [-0.3, -0.25) is 4.90 Å². The lowest BCUT2D eigenvalue weighted by molar-refractivity contribution is 0.144. The number of hydrogen-bond donors (Lipinski definition) is 1. The lowest BCUT2D eigenvalue weighted by Gasteiger charge is -2.35. The van der Waals surface area contributed by atoms with Gasteiger partial charge in [-0.1, -0.05) is 0 Å².